The Labute approximate surface area is 140 Å². The van der Waals surface area contributed by atoms with Crippen LogP contribution >= 0.6 is 0 Å². The number of nitro groups is 1. The predicted molar refractivity (Wildman–Crippen MR) is 91.8 cm³/mol. The van der Waals surface area contributed by atoms with Gasteiger partial charge in [-0.1, -0.05) is 30.3 Å². The topological polar surface area (TPSA) is 84.3 Å². The zero-order valence-electron chi connectivity index (χ0n) is 13.4. The van der Waals surface area contributed by atoms with Gasteiger partial charge in [0.1, 0.15) is 0 Å². The lowest BCUT2D eigenvalue weighted by Crippen LogP contribution is -2.39. The second kappa shape index (κ2) is 6.80. The van der Waals surface area contributed by atoms with Crippen molar-refractivity contribution >= 4 is 17.3 Å². The van der Waals surface area contributed by atoms with Gasteiger partial charge in [-0.2, -0.15) is 0 Å². The minimum Gasteiger partial charge on any atom is -0.324 e. The average molecular weight is 325 g/mol. The van der Waals surface area contributed by atoms with E-state index >= 15 is 0 Å². The van der Waals surface area contributed by atoms with Crippen molar-refractivity contribution in [2.75, 3.05) is 5.32 Å². The number of hydrogen-bond acceptors (Lipinski definition) is 4. The Hall–Kier alpha value is -2.73. The van der Waals surface area contributed by atoms with Crippen LogP contribution < -0.4 is 10.6 Å². The van der Waals surface area contributed by atoms with Gasteiger partial charge in [-0.3, -0.25) is 20.2 Å². The van der Waals surface area contributed by atoms with E-state index in [1.54, 1.807) is 19.1 Å². The highest BCUT2D eigenvalue weighted by Crippen LogP contribution is 2.31. The van der Waals surface area contributed by atoms with Gasteiger partial charge < -0.3 is 5.32 Å². The third kappa shape index (κ3) is 3.44. The zero-order chi connectivity index (χ0) is 17.1. The maximum absolute atomic E-state index is 12.3. The Morgan fingerprint density at radius 2 is 2.04 bits per heavy atom. The standard InChI is InChI=1S/C18H19N3O3/c1-12(19-17-10-9-13-5-2-3-8-16(13)17)18(22)20-14-6-4-7-15(11-14)21(23)24/h2-8,11-12,17,19H,9-10H2,1H3,(H,20,22). The summed E-state index contributed by atoms with van der Waals surface area (Å²) >= 11 is 0. The van der Waals surface area contributed by atoms with E-state index < -0.39 is 11.0 Å². The van der Waals surface area contributed by atoms with Crippen LogP contribution in [0.25, 0.3) is 0 Å². The number of carbonyl (C=O) groups is 1. The number of nitrogens with one attached hydrogen (secondary N) is 2. The molecule has 6 nitrogen and oxygen atoms in total. The van der Waals surface area contributed by atoms with E-state index in [-0.39, 0.29) is 17.6 Å². The maximum atomic E-state index is 12.3. The highest BCUT2D eigenvalue weighted by molar-refractivity contribution is 5.94. The van der Waals surface area contributed by atoms with Crippen molar-refractivity contribution in [3.05, 3.63) is 69.8 Å². The van der Waals surface area contributed by atoms with Crippen LogP contribution in [0.2, 0.25) is 0 Å². The molecule has 0 spiro atoms. The van der Waals surface area contributed by atoms with E-state index in [1.165, 1.54) is 23.3 Å². The summed E-state index contributed by atoms with van der Waals surface area (Å²) in [5.41, 5.74) is 2.95. The van der Waals surface area contributed by atoms with Gasteiger partial charge in [0.2, 0.25) is 5.91 Å². The summed E-state index contributed by atoms with van der Waals surface area (Å²) in [6, 6.07) is 13.9. The summed E-state index contributed by atoms with van der Waals surface area (Å²) in [4.78, 5) is 22.7. The molecule has 0 saturated heterocycles. The molecular weight excluding hydrogens is 306 g/mol. The molecule has 0 saturated carbocycles. The molecule has 1 aliphatic carbocycles. The maximum Gasteiger partial charge on any atom is 0.271 e. The fourth-order valence-electron chi connectivity index (χ4n) is 3.06. The molecule has 0 bridgehead atoms. The SMILES string of the molecule is CC(NC1CCc2ccccc21)C(=O)Nc1cccc([N+](=O)[O-])c1. The number of amides is 1. The molecule has 1 amide bonds. The summed E-state index contributed by atoms with van der Waals surface area (Å²) in [7, 11) is 0. The molecule has 124 valence electrons. The lowest BCUT2D eigenvalue weighted by atomic mass is 10.1. The lowest BCUT2D eigenvalue weighted by Gasteiger charge is -2.20. The number of fused-ring (bicyclic) bond motifs is 1. The first-order valence-electron chi connectivity index (χ1n) is 7.94. The number of rotatable bonds is 5. The first kappa shape index (κ1) is 16.1. The number of carbonyl (C=O) groups excluding carboxylic acids is 1. The molecule has 6 heteroatoms. The lowest BCUT2D eigenvalue weighted by molar-refractivity contribution is -0.384. The fraction of sp³-hybridized carbons (Fsp3) is 0.278. The van der Waals surface area contributed by atoms with Crippen LogP contribution in [0.1, 0.15) is 30.5 Å². The summed E-state index contributed by atoms with van der Waals surface area (Å²) in [5, 5.41) is 16.9. The van der Waals surface area contributed by atoms with Gasteiger partial charge in [-0.25, -0.2) is 0 Å². The summed E-state index contributed by atoms with van der Waals surface area (Å²) in [6.07, 6.45) is 1.97. The van der Waals surface area contributed by atoms with Crippen molar-refractivity contribution in [2.45, 2.75) is 31.8 Å². The predicted octanol–water partition coefficient (Wildman–Crippen LogP) is 3.20. The number of benzene rings is 2. The zero-order valence-corrected chi connectivity index (χ0v) is 13.4. The number of aryl methyl sites for hydroxylation is 1. The summed E-state index contributed by atoms with van der Waals surface area (Å²) < 4.78 is 0. The number of nitro benzene ring substituents is 1. The monoisotopic (exact) mass is 325 g/mol. The normalized spacial score (nSPS) is 17.1. The van der Waals surface area contributed by atoms with Gasteiger partial charge in [-0.05, 0) is 37.0 Å². The Morgan fingerprint density at radius 3 is 2.83 bits per heavy atom. The Bertz CT molecular complexity index is 776. The Balaban J connectivity index is 1.64. The van der Waals surface area contributed by atoms with Crippen LogP contribution in [-0.4, -0.2) is 16.9 Å². The summed E-state index contributed by atoms with van der Waals surface area (Å²) in [5.74, 6) is -0.208. The van der Waals surface area contributed by atoms with Crippen LogP contribution in [0, 0.1) is 10.1 Å². The van der Waals surface area contributed by atoms with Crippen LogP contribution in [-0.2, 0) is 11.2 Å². The van der Waals surface area contributed by atoms with Crippen molar-refractivity contribution in [1.82, 2.24) is 5.32 Å². The molecule has 0 aromatic heterocycles. The minimum atomic E-state index is -0.479. The highest BCUT2D eigenvalue weighted by Gasteiger charge is 2.25. The van der Waals surface area contributed by atoms with Crippen molar-refractivity contribution in [1.29, 1.82) is 0 Å². The smallest absolute Gasteiger partial charge is 0.271 e. The first-order chi connectivity index (χ1) is 11.5. The van der Waals surface area contributed by atoms with Crippen molar-refractivity contribution in [2.24, 2.45) is 0 Å². The molecule has 2 atom stereocenters. The van der Waals surface area contributed by atoms with Crippen LogP contribution in [0.3, 0.4) is 0 Å². The van der Waals surface area contributed by atoms with Gasteiger partial charge in [-0.15, -0.1) is 0 Å². The molecule has 2 N–H and O–H groups in total. The molecule has 3 rings (SSSR count). The molecule has 0 radical (unpaired) electrons. The van der Waals surface area contributed by atoms with Crippen LogP contribution in [0.15, 0.2) is 48.5 Å². The van der Waals surface area contributed by atoms with Gasteiger partial charge >= 0.3 is 0 Å². The number of non-ortho nitro benzene ring substituents is 1. The summed E-state index contributed by atoms with van der Waals surface area (Å²) in [6.45, 7) is 1.80. The van der Waals surface area contributed by atoms with Crippen molar-refractivity contribution < 1.29 is 9.72 Å². The number of nitrogens with zero attached hydrogens (tertiary/aromatic N) is 1. The third-order valence-corrected chi connectivity index (χ3v) is 4.30. The Kier molecular flexibility index (Phi) is 4.57. The molecule has 0 aliphatic heterocycles. The number of anilines is 1. The van der Waals surface area contributed by atoms with E-state index in [1.807, 2.05) is 12.1 Å². The van der Waals surface area contributed by atoms with Gasteiger partial charge in [0, 0.05) is 23.9 Å². The molecule has 0 heterocycles. The molecule has 2 unspecified atom stereocenters. The van der Waals surface area contributed by atoms with E-state index in [0.717, 1.165) is 12.8 Å². The second-order valence-corrected chi connectivity index (χ2v) is 5.98. The van der Waals surface area contributed by atoms with Gasteiger partial charge in [0.15, 0.2) is 0 Å². The number of hydrogen-bond donors (Lipinski definition) is 2. The molecule has 24 heavy (non-hydrogen) atoms. The van der Waals surface area contributed by atoms with E-state index in [0.29, 0.717) is 5.69 Å². The highest BCUT2D eigenvalue weighted by atomic mass is 16.6. The molecule has 2 aromatic rings. The van der Waals surface area contributed by atoms with E-state index in [9.17, 15) is 14.9 Å². The van der Waals surface area contributed by atoms with Crippen LogP contribution in [0.5, 0.6) is 0 Å². The van der Waals surface area contributed by atoms with Gasteiger partial charge in [0.05, 0.1) is 11.0 Å². The quantitative estimate of drug-likeness (QED) is 0.653. The Morgan fingerprint density at radius 1 is 1.25 bits per heavy atom. The molecule has 1 aliphatic rings. The van der Waals surface area contributed by atoms with Crippen LogP contribution in [0.4, 0.5) is 11.4 Å². The van der Waals surface area contributed by atoms with E-state index in [4.69, 9.17) is 0 Å². The average Bonchev–Trinajstić information content (AvgIpc) is 2.98. The van der Waals surface area contributed by atoms with E-state index in [2.05, 4.69) is 22.8 Å². The fourth-order valence-corrected chi connectivity index (χ4v) is 3.06. The van der Waals surface area contributed by atoms with Gasteiger partial charge in [0.25, 0.3) is 5.69 Å². The molecular formula is C18H19N3O3. The second-order valence-electron chi connectivity index (χ2n) is 5.98. The third-order valence-electron chi connectivity index (χ3n) is 4.30. The molecule has 0 fully saturated rings. The first-order valence-corrected chi connectivity index (χ1v) is 7.94. The molecule has 2 aromatic carbocycles. The largest absolute Gasteiger partial charge is 0.324 e. The minimum absolute atomic E-state index is 0.0434. The van der Waals surface area contributed by atoms with Crippen molar-refractivity contribution in [3.8, 4) is 0 Å². The van der Waals surface area contributed by atoms with Crippen molar-refractivity contribution in [3.63, 3.8) is 0 Å².